The molecule has 128 valence electrons. The zero-order valence-electron chi connectivity index (χ0n) is 14.7. The van der Waals surface area contributed by atoms with Crippen LogP contribution in [0, 0.1) is 0 Å². The molecule has 2 aliphatic rings. The van der Waals surface area contributed by atoms with Gasteiger partial charge < -0.3 is 9.47 Å². The predicted molar refractivity (Wildman–Crippen MR) is 92.9 cm³/mol. The SMILES string of the molecule is COc1ccccc1CN1CCC(N2C[C@@H](C)O[C@H](C)C2)CC1. The highest BCUT2D eigenvalue weighted by atomic mass is 16.5. The average molecular weight is 318 g/mol. The molecule has 0 N–H and O–H groups in total. The lowest BCUT2D eigenvalue weighted by Crippen LogP contribution is -2.53. The van der Waals surface area contributed by atoms with E-state index in [1.165, 1.54) is 31.5 Å². The van der Waals surface area contributed by atoms with E-state index in [2.05, 4.69) is 41.8 Å². The highest BCUT2D eigenvalue weighted by Crippen LogP contribution is 2.24. The summed E-state index contributed by atoms with van der Waals surface area (Å²) in [5.41, 5.74) is 1.29. The Balaban J connectivity index is 1.52. The topological polar surface area (TPSA) is 24.9 Å². The van der Waals surface area contributed by atoms with Crippen LogP contribution in [0.15, 0.2) is 24.3 Å². The first kappa shape index (κ1) is 16.7. The number of para-hydroxylation sites is 1. The molecule has 2 saturated heterocycles. The quantitative estimate of drug-likeness (QED) is 0.852. The van der Waals surface area contributed by atoms with Gasteiger partial charge >= 0.3 is 0 Å². The Morgan fingerprint density at radius 2 is 1.74 bits per heavy atom. The van der Waals surface area contributed by atoms with E-state index >= 15 is 0 Å². The van der Waals surface area contributed by atoms with E-state index in [0.29, 0.717) is 12.2 Å². The molecule has 1 aromatic carbocycles. The zero-order chi connectivity index (χ0) is 16.2. The number of hydrogen-bond donors (Lipinski definition) is 0. The molecule has 3 rings (SSSR count). The summed E-state index contributed by atoms with van der Waals surface area (Å²) in [6.45, 7) is 9.89. The van der Waals surface area contributed by atoms with Gasteiger partial charge in [-0.15, -0.1) is 0 Å². The van der Waals surface area contributed by atoms with E-state index in [-0.39, 0.29) is 0 Å². The molecule has 0 spiro atoms. The van der Waals surface area contributed by atoms with Crippen molar-refractivity contribution in [1.29, 1.82) is 0 Å². The van der Waals surface area contributed by atoms with Gasteiger partial charge in [0, 0.05) is 31.2 Å². The number of nitrogens with zero attached hydrogens (tertiary/aromatic N) is 2. The van der Waals surface area contributed by atoms with E-state index in [1.807, 2.05) is 6.07 Å². The summed E-state index contributed by atoms with van der Waals surface area (Å²) in [7, 11) is 1.76. The molecule has 4 heteroatoms. The van der Waals surface area contributed by atoms with E-state index < -0.39 is 0 Å². The van der Waals surface area contributed by atoms with E-state index in [1.54, 1.807) is 7.11 Å². The molecule has 2 aliphatic heterocycles. The summed E-state index contributed by atoms with van der Waals surface area (Å²) in [6.07, 6.45) is 3.25. The van der Waals surface area contributed by atoms with Crippen LogP contribution in [-0.4, -0.2) is 61.3 Å². The number of likely N-dealkylation sites (tertiary alicyclic amines) is 1. The van der Waals surface area contributed by atoms with Gasteiger partial charge in [0.05, 0.1) is 19.3 Å². The van der Waals surface area contributed by atoms with Crippen molar-refractivity contribution >= 4 is 0 Å². The maximum Gasteiger partial charge on any atom is 0.123 e. The maximum atomic E-state index is 5.87. The van der Waals surface area contributed by atoms with Crippen molar-refractivity contribution in [3.63, 3.8) is 0 Å². The summed E-state index contributed by atoms with van der Waals surface area (Å²) in [4.78, 5) is 5.21. The Labute approximate surface area is 140 Å². The van der Waals surface area contributed by atoms with E-state index in [9.17, 15) is 0 Å². The second-order valence-electron chi connectivity index (χ2n) is 7.03. The van der Waals surface area contributed by atoms with E-state index in [0.717, 1.165) is 31.4 Å². The van der Waals surface area contributed by atoms with Crippen molar-refractivity contribution in [2.24, 2.45) is 0 Å². The minimum Gasteiger partial charge on any atom is -0.496 e. The summed E-state index contributed by atoms with van der Waals surface area (Å²) < 4.78 is 11.3. The summed E-state index contributed by atoms with van der Waals surface area (Å²) >= 11 is 0. The minimum atomic E-state index is 0.366. The highest BCUT2D eigenvalue weighted by molar-refractivity contribution is 5.33. The normalized spacial score (nSPS) is 28.0. The molecule has 0 aromatic heterocycles. The van der Waals surface area contributed by atoms with Gasteiger partial charge in [0.25, 0.3) is 0 Å². The fraction of sp³-hybridized carbons (Fsp3) is 0.684. The second kappa shape index (κ2) is 7.65. The molecule has 0 saturated carbocycles. The smallest absolute Gasteiger partial charge is 0.123 e. The third-order valence-electron chi connectivity index (χ3n) is 5.11. The second-order valence-corrected chi connectivity index (χ2v) is 7.03. The zero-order valence-corrected chi connectivity index (χ0v) is 14.7. The number of piperidine rings is 1. The van der Waals surface area contributed by atoms with Crippen LogP contribution in [-0.2, 0) is 11.3 Å². The van der Waals surface area contributed by atoms with Crippen molar-refractivity contribution in [3.05, 3.63) is 29.8 Å². The van der Waals surface area contributed by atoms with Crippen LogP contribution < -0.4 is 4.74 Å². The van der Waals surface area contributed by atoms with Gasteiger partial charge in [-0.1, -0.05) is 18.2 Å². The molecular formula is C19H30N2O2. The van der Waals surface area contributed by atoms with Crippen molar-refractivity contribution in [2.45, 2.75) is 51.5 Å². The molecule has 2 atom stereocenters. The molecule has 2 heterocycles. The standard InChI is InChI=1S/C19H30N2O2/c1-15-12-21(13-16(2)23-15)18-8-10-20(11-9-18)14-17-6-4-5-7-19(17)22-3/h4-7,15-16,18H,8-14H2,1-3H3/t15-,16-/m1/s1. The van der Waals surface area contributed by atoms with Crippen LogP contribution in [0.5, 0.6) is 5.75 Å². The van der Waals surface area contributed by atoms with Crippen molar-refractivity contribution in [1.82, 2.24) is 9.80 Å². The van der Waals surface area contributed by atoms with Crippen molar-refractivity contribution in [3.8, 4) is 5.75 Å². The first-order chi connectivity index (χ1) is 11.2. The number of hydrogen-bond acceptors (Lipinski definition) is 4. The summed E-state index contributed by atoms with van der Waals surface area (Å²) in [6, 6.07) is 9.09. The largest absolute Gasteiger partial charge is 0.496 e. The molecule has 0 unspecified atom stereocenters. The molecule has 4 nitrogen and oxygen atoms in total. The molecule has 1 aromatic rings. The van der Waals surface area contributed by atoms with Crippen molar-refractivity contribution in [2.75, 3.05) is 33.3 Å². The molecule has 0 amide bonds. The molecule has 23 heavy (non-hydrogen) atoms. The fourth-order valence-electron chi connectivity index (χ4n) is 4.03. The highest BCUT2D eigenvalue weighted by Gasteiger charge is 2.30. The molecule has 2 fully saturated rings. The third kappa shape index (κ3) is 4.25. The van der Waals surface area contributed by atoms with E-state index in [4.69, 9.17) is 9.47 Å². The van der Waals surface area contributed by atoms with Crippen LogP contribution in [0.4, 0.5) is 0 Å². The monoisotopic (exact) mass is 318 g/mol. The van der Waals surface area contributed by atoms with Gasteiger partial charge in [-0.2, -0.15) is 0 Å². The molecular weight excluding hydrogens is 288 g/mol. The number of ether oxygens (including phenoxy) is 2. The predicted octanol–water partition coefficient (Wildman–Crippen LogP) is 2.77. The lowest BCUT2D eigenvalue weighted by atomic mass is 10.0. The molecule has 0 aliphatic carbocycles. The molecule has 0 radical (unpaired) electrons. The lowest BCUT2D eigenvalue weighted by molar-refractivity contribution is -0.0865. The van der Waals surface area contributed by atoms with Crippen molar-refractivity contribution < 1.29 is 9.47 Å². The Morgan fingerprint density at radius 3 is 2.39 bits per heavy atom. The van der Waals surface area contributed by atoms with Crippen LogP contribution >= 0.6 is 0 Å². The molecule has 0 bridgehead atoms. The van der Waals surface area contributed by atoms with Crippen LogP contribution in [0.1, 0.15) is 32.3 Å². The van der Waals surface area contributed by atoms with Crippen LogP contribution in [0.2, 0.25) is 0 Å². The number of methoxy groups -OCH3 is 1. The van der Waals surface area contributed by atoms with Gasteiger partial charge in [0.1, 0.15) is 5.75 Å². The number of benzene rings is 1. The van der Waals surface area contributed by atoms with Crippen LogP contribution in [0.25, 0.3) is 0 Å². The summed E-state index contributed by atoms with van der Waals surface area (Å²) in [5, 5.41) is 0. The Hall–Kier alpha value is -1.10. The van der Waals surface area contributed by atoms with Gasteiger partial charge in [0.2, 0.25) is 0 Å². The lowest BCUT2D eigenvalue weighted by Gasteiger charge is -2.43. The third-order valence-corrected chi connectivity index (χ3v) is 5.11. The van der Waals surface area contributed by atoms with Gasteiger partial charge in [0.15, 0.2) is 0 Å². The number of morpholine rings is 1. The summed E-state index contributed by atoms with van der Waals surface area (Å²) in [5.74, 6) is 1.01. The Morgan fingerprint density at radius 1 is 1.09 bits per heavy atom. The van der Waals surface area contributed by atoms with Crippen LogP contribution in [0.3, 0.4) is 0 Å². The first-order valence-corrected chi connectivity index (χ1v) is 8.89. The Bertz CT molecular complexity index is 490. The average Bonchev–Trinajstić information content (AvgIpc) is 2.55. The van der Waals surface area contributed by atoms with Gasteiger partial charge in [-0.05, 0) is 45.8 Å². The Kier molecular flexibility index (Phi) is 5.57. The first-order valence-electron chi connectivity index (χ1n) is 8.89. The fourth-order valence-corrected chi connectivity index (χ4v) is 4.03. The maximum absolute atomic E-state index is 5.87. The van der Waals surface area contributed by atoms with Gasteiger partial charge in [-0.25, -0.2) is 0 Å². The number of rotatable bonds is 4. The minimum absolute atomic E-state index is 0.366. The van der Waals surface area contributed by atoms with Gasteiger partial charge in [-0.3, -0.25) is 9.80 Å².